The predicted molar refractivity (Wildman–Crippen MR) is 50.8 cm³/mol. The van der Waals surface area contributed by atoms with E-state index in [1.165, 1.54) is 0 Å². The fraction of sp³-hybridized carbons (Fsp3) is 0.300. The molecule has 0 N–H and O–H groups in total. The molecular formula is C10H14N2. The molecule has 0 aliphatic carbocycles. The quantitative estimate of drug-likeness (QED) is 0.672. The van der Waals surface area contributed by atoms with Gasteiger partial charge >= 0.3 is 0 Å². The van der Waals surface area contributed by atoms with Crippen molar-refractivity contribution in [3.8, 4) is 0 Å². The van der Waals surface area contributed by atoms with Crippen molar-refractivity contribution >= 4 is 0 Å². The van der Waals surface area contributed by atoms with E-state index in [0.29, 0.717) is 0 Å². The molecule has 0 bridgehead atoms. The second-order valence-corrected chi connectivity index (χ2v) is 2.87. The molecule has 0 aliphatic heterocycles. The molecule has 0 saturated carbocycles. The lowest BCUT2D eigenvalue weighted by Crippen LogP contribution is -2.00. The van der Waals surface area contributed by atoms with Crippen LogP contribution in [0.25, 0.3) is 0 Å². The zero-order chi connectivity index (χ0) is 8.81. The van der Waals surface area contributed by atoms with E-state index in [9.17, 15) is 0 Å². The SMILES string of the molecule is CN(C)C=CCc1ccccn1. The molecule has 0 amide bonds. The molecule has 2 heteroatoms. The van der Waals surface area contributed by atoms with E-state index in [0.717, 1.165) is 12.1 Å². The molecule has 0 atom stereocenters. The monoisotopic (exact) mass is 162 g/mol. The predicted octanol–water partition coefficient (Wildman–Crippen LogP) is 1.70. The first-order chi connectivity index (χ1) is 5.79. The number of rotatable bonds is 3. The molecule has 1 aromatic rings. The van der Waals surface area contributed by atoms with Crippen LogP contribution in [0.3, 0.4) is 0 Å². The van der Waals surface area contributed by atoms with Crippen molar-refractivity contribution in [3.05, 3.63) is 42.4 Å². The molecule has 12 heavy (non-hydrogen) atoms. The van der Waals surface area contributed by atoms with E-state index >= 15 is 0 Å². The van der Waals surface area contributed by atoms with E-state index in [1.54, 1.807) is 0 Å². The average molecular weight is 162 g/mol. The summed E-state index contributed by atoms with van der Waals surface area (Å²) in [5, 5.41) is 0. The fourth-order valence-corrected chi connectivity index (χ4v) is 0.903. The second kappa shape index (κ2) is 4.54. The van der Waals surface area contributed by atoms with Gasteiger partial charge in [0.1, 0.15) is 0 Å². The van der Waals surface area contributed by atoms with Crippen LogP contribution >= 0.6 is 0 Å². The van der Waals surface area contributed by atoms with E-state index in [1.807, 2.05) is 49.6 Å². The minimum absolute atomic E-state index is 0.902. The van der Waals surface area contributed by atoms with Gasteiger partial charge < -0.3 is 4.90 Å². The molecule has 0 aromatic carbocycles. The second-order valence-electron chi connectivity index (χ2n) is 2.87. The maximum absolute atomic E-state index is 4.21. The lowest BCUT2D eigenvalue weighted by Gasteiger charge is -2.02. The normalized spacial score (nSPS) is 10.5. The fourth-order valence-electron chi connectivity index (χ4n) is 0.903. The van der Waals surface area contributed by atoms with Crippen molar-refractivity contribution < 1.29 is 0 Å². The highest BCUT2D eigenvalue weighted by molar-refractivity contribution is 5.07. The van der Waals surface area contributed by atoms with E-state index in [2.05, 4.69) is 11.1 Å². The van der Waals surface area contributed by atoms with Crippen LogP contribution in [0.15, 0.2) is 36.7 Å². The maximum atomic E-state index is 4.21. The third kappa shape index (κ3) is 3.19. The van der Waals surface area contributed by atoms with Gasteiger partial charge in [-0.2, -0.15) is 0 Å². The van der Waals surface area contributed by atoms with Crippen LogP contribution in [0.2, 0.25) is 0 Å². The minimum atomic E-state index is 0.902. The molecular weight excluding hydrogens is 148 g/mol. The summed E-state index contributed by atoms with van der Waals surface area (Å²) in [6, 6.07) is 5.96. The number of allylic oxidation sites excluding steroid dienone is 1. The van der Waals surface area contributed by atoms with Gasteiger partial charge in [0, 0.05) is 32.4 Å². The molecule has 0 saturated heterocycles. The highest BCUT2D eigenvalue weighted by atomic mass is 15.0. The first-order valence-electron chi connectivity index (χ1n) is 4.02. The third-order valence-electron chi connectivity index (χ3n) is 1.46. The van der Waals surface area contributed by atoms with Crippen molar-refractivity contribution in [2.75, 3.05) is 14.1 Å². The molecule has 1 heterocycles. The Kier molecular flexibility index (Phi) is 3.33. The Balaban J connectivity index is 2.43. The van der Waals surface area contributed by atoms with E-state index in [4.69, 9.17) is 0 Å². The van der Waals surface area contributed by atoms with Gasteiger partial charge in [0.05, 0.1) is 0 Å². The molecule has 0 aliphatic rings. The number of aromatic nitrogens is 1. The van der Waals surface area contributed by atoms with E-state index < -0.39 is 0 Å². The first-order valence-corrected chi connectivity index (χ1v) is 4.02. The molecule has 0 spiro atoms. The van der Waals surface area contributed by atoms with Gasteiger partial charge in [0.2, 0.25) is 0 Å². The lowest BCUT2D eigenvalue weighted by molar-refractivity contribution is 0.561. The van der Waals surface area contributed by atoms with Crippen molar-refractivity contribution in [2.45, 2.75) is 6.42 Å². The molecule has 0 radical (unpaired) electrons. The topological polar surface area (TPSA) is 16.1 Å². The Morgan fingerprint density at radius 3 is 2.83 bits per heavy atom. The maximum Gasteiger partial charge on any atom is 0.0441 e. The largest absolute Gasteiger partial charge is 0.384 e. The zero-order valence-electron chi connectivity index (χ0n) is 7.57. The molecule has 1 aromatic heterocycles. The Morgan fingerprint density at radius 1 is 1.42 bits per heavy atom. The van der Waals surface area contributed by atoms with Gasteiger partial charge in [-0.05, 0) is 18.3 Å². The number of hydrogen-bond donors (Lipinski definition) is 0. The highest BCUT2D eigenvalue weighted by Gasteiger charge is 1.86. The van der Waals surface area contributed by atoms with Gasteiger partial charge in [0.25, 0.3) is 0 Å². The summed E-state index contributed by atoms with van der Waals surface area (Å²) in [5.74, 6) is 0. The number of pyridine rings is 1. The summed E-state index contributed by atoms with van der Waals surface area (Å²) in [6.45, 7) is 0. The summed E-state index contributed by atoms with van der Waals surface area (Å²) in [7, 11) is 4.02. The molecule has 64 valence electrons. The summed E-state index contributed by atoms with van der Waals surface area (Å²) >= 11 is 0. The van der Waals surface area contributed by atoms with Crippen molar-refractivity contribution in [1.82, 2.24) is 9.88 Å². The molecule has 1 rings (SSSR count). The summed E-state index contributed by atoms with van der Waals surface area (Å²) < 4.78 is 0. The highest BCUT2D eigenvalue weighted by Crippen LogP contribution is 1.95. The van der Waals surface area contributed by atoms with Crippen molar-refractivity contribution in [3.63, 3.8) is 0 Å². The number of hydrogen-bond acceptors (Lipinski definition) is 2. The standard InChI is InChI=1S/C10H14N2/c1-12(2)9-5-7-10-6-3-4-8-11-10/h3-6,8-9H,7H2,1-2H3. The van der Waals surface area contributed by atoms with Crippen molar-refractivity contribution in [2.24, 2.45) is 0 Å². The van der Waals surface area contributed by atoms with Gasteiger partial charge in [-0.1, -0.05) is 12.1 Å². The van der Waals surface area contributed by atoms with Gasteiger partial charge in [0.15, 0.2) is 0 Å². The van der Waals surface area contributed by atoms with Crippen LogP contribution < -0.4 is 0 Å². The van der Waals surface area contributed by atoms with Gasteiger partial charge in [-0.15, -0.1) is 0 Å². The van der Waals surface area contributed by atoms with Crippen LogP contribution in [-0.4, -0.2) is 24.0 Å². The summed E-state index contributed by atoms with van der Waals surface area (Å²) in [4.78, 5) is 6.22. The Labute approximate surface area is 73.5 Å². The Bertz CT molecular complexity index is 239. The van der Waals surface area contributed by atoms with Crippen LogP contribution in [0.1, 0.15) is 5.69 Å². The smallest absolute Gasteiger partial charge is 0.0441 e. The average Bonchev–Trinajstić information content (AvgIpc) is 2.05. The van der Waals surface area contributed by atoms with Crippen LogP contribution in [0.5, 0.6) is 0 Å². The minimum Gasteiger partial charge on any atom is -0.384 e. The third-order valence-corrected chi connectivity index (χ3v) is 1.46. The molecule has 2 nitrogen and oxygen atoms in total. The molecule has 0 unspecified atom stereocenters. The number of nitrogens with zero attached hydrogens (tertiary/aromatic N) is 2. The first kappa shape index (κ1) is 8.78. The summed E-state index contributed by atoms with van der Waals surface area (Å²) in [6.07, 6.45) is 6.86. The van der Waals surface area contributed by atoms with Gasteiger partial charge in [-0.3, -0.25) is 4.98 Å². The van der Waals surface area contributed by atoms with Crippen LogP contribution in [-0.2, 0) is 6.42 Å². The van der Waals surface area contributed by atoms with Crippen molar-refractivity contribution in [1.29, 1.82) is 0 Å². The Morgan fingerprint density at radius 2 is 2.25 bits per heavy atom. The zero-order valence-corrected chi connectivity index (χ0v) is 7.57. The van der Waals surface area contributed by atoms with Crippen LogP contribution in [0.4, 0.5) is 0 Å². The molecule has 0 fully saturated rings. The van der Waals surface area contributed by atoms with E-state index in [-0.39, 0.29) is 0 Å². The lowest BCUT2D eigenvalue weighted by atomic mass is 10.3. The van der Waals surface area contributed by atoms with Gasteiger partial charge in [-0.25, -0.2) is 0 Å². The summed E-state index contributed by atoms with van der Waals surface area (Å²) in [5.41, 5.74) is 1.11. The Hall–Kier alpha value is -1.31. The van der Waals surface area contributed by atoms with Crippen LogP contribution in [0, 0.1) is 0 Å².